The molecule has 1 amide bonds. The number of amides is 1. The Labute approximate surface area is 153 Å². The van der Waals surface area contributed by atoms with Gasteiger partial charge in [0.1, 0.15) is 11.4 Å². The van der Waals surface area contributed by atoms with Gasteiger partial charge < -0.3 is 14.2 Å². The summed E-state index contributed by atoms with van der Waals surface area (Å²) >= 11 is 6.00. The largest absolute Gasteiger partial charge is 0.496 e. The maximum Gasteiger partial charge on any atom is 0.257 e. The monoisotopic (exact) mass is 371 g/mol. The van der Waals surface area contributed by atoms with E-state index in [9.17, 15) is 4.79 Å². The second kappa shape index (κ2) is 6.72. The molecule has 3 aromatic rings. The Morgan fingerprint density at radius 2 is 2.19 bits per heavy atom. The maximum absolute atomic E-state index is 12.7. The lowest BCUT2D eigenvalue weighted by atomic mass is 9.98. The Kier molecular flexibility index (Phi) is 4.26. The summed E-state index contributed by atoms with van der Waals surface area (Å²) in [7, 11) is 1.52. The Morgan fingerprint density at radius 3 is 2.92 bits per heavy atom. The van der Waals surface area contributed by atoms with Gasteiger partial charge in [-0.05, 0) is 18.2 Å². The molecule has 0 aliphatic carbocycles. The van der Waals surface area contributed by atoms with E-state index in [1.165, 1.54) is 7.11 Å². The Hall–Kier alpha value is -3.00. The fourth-order valence-corrected chi connectivity index (χ4v) is 2.91. The van der Waals surface area contributed by atoms with Gasteiger partial charge in [0.15, 0.2) is 0 Å². The van der Waals surface area contributed by atoms with Gasteiger partial charge in [-0.25, -0.2) is 4.98 Å². The van der Waals surface area contributed by atoms with E-state index in [0.29, 0.717) is 46.8 Å². The van der Waals surface area contributed by atoms with Gasteiger partial charge in [0, 0.05) is 30.5 Å². The molecule has 8 nitrogen and oxygen atoms in total. The number of carbonyl (C=O) groups is 1. The van der Waals surface area contributed by atoms with E-state index in [1.807, 2.05) is 0 Å². The molecule has 0 N–H and O–H groups in total. The van der Waals surface area contributed by atoms with Crippen LogP contribution in [0.5, 0.6) is 5.75 Å². The summed E-state index contributed by atoms with van der Waals surface area (Å²) in [4.78, 5) is 26.8. The highest BCUT2D eigenvalue weighted by molar-refractivity contribution is 6.31. The highest BCUT2D eigenvalue weighted by Gasteiger charge is 2.37. The van der Waals surface area contributed by atoms with E-state index in [1.54, 1.807) is 41.7 Å². The average Bonchev–Trinajstić information content (AvgIpc) is 3.10. The summed E-state index contributed by atoms with van der Waals surface area (Å²) in [5, 5.41) is 4.41. The molecule has 132 valence electrons. The predicted octanol–water partition coefficient (Wildman–Crippen LogP) is 2.43. The highest BCUT2D eigenvalue weighted by Crippen LogP contribution is 2.31. The summed E-state index contributed by atoms with van der Waals surface area (Å²) in [6.07, 6.45) is 4.70. The van der Waals surface area contributed by atoms with Gasteiger partial charge >= 0.3 is 0 Å². The standard InChI is InChI=1S/C17H14ClN5O3/c1-25-14-3-2-11(18)6-12(14)17(24)23-8-10(9-23)16-21-15(22-26-16)13-7-19-4-5-20-13/h2-7,10H,8-9H2,1H3. The molecular weight excluding hydrogens is 358 g/mol. The molecule has 0 radical (unpaired) electrons. The minimum Gasteiger partial charge on any atom is -0.496 e. The second-order valence-electron chi connectivity index (χ2n) is 5.80. The summed E-state index contributed by atoms with van der Waals surface area (Å²) in [5.41, 5.74) is 0.975. The number of carbonyl (C=O) groups excluding carboxylic acids is 1. The molecular formula is C17H14ClN5O3. The van der Waals surface area contributed by atoms with Gasteiger partial charge in [-0.1, -0.05) is 16.8 Å². The highest BCUT2D eigenvalue weighted by atomic mass is 35.5. The SMILES string of the molecule is COc1ccc(Cl)cc1C(=O)N1CC(c2nc(-c3cnccn3)no2)C1. The maximum atomic E-state index is 12.7. The lowest BCUT2D eigenvalue weighted by Crippen LogP contribution is -2.48. The molecule has 26 heavy (non-hydrogen) atoms. The lowest BCUT2D eigenvalue weighted by molar-refractivity contribution is 0.0566. The number of ether oxygens (including phenoxy) is 1. The second-order valence-corrected chi connectivity index (χ2v) is 6.23. The summed E-state index contributed by atoms with van der Waals surface area (Å²) in [6, 6.07) is 4.97. The van der Waals surface area contributed by atoms with Crippen LogP contribution < -0.4 is 4.74 Å². The van der Waals surface area contributed by atoms with Gasteiger partial charge in [0.25, 0.3) is 5.91 Å². The van der Waals surface area contributed by atoms with Gasteiger partial charge in [0.2, 0.25) is 11.7 Å². The van der Waals surface area contributed by atoms with Gasteiger partial charge in [-0.3, -0.25) is 9.78 Å². The molecule has 0 saturated carbocycles. The molecule has 1 aliphatic heterocycles. The molecule has 1 aromatic carbocycles. The number of likely N-dealkylation sites (tertiary alicyclic amines) is 1. The summed E-state index contributed by atoms with van der Waals surface area (Å²) in [6.45, 7) is 0.965. The van der Waals surface area contributed by atoms with E-state index >= 15 is 0 Å². The smallest absolute Gasteiger partial charge is 0.257 e. The van der Waals surface area contributed by atoms with Crippen LogP contribution >= 0.6 is 11.6 Å². The van der Waals surface area contributed by atoms with Crippen molar-refractivity contribution >= 4 is 17.5 Å². The number of methoxy groups -OCH3 is 1. The van der Waals surface area contributed by atoms with Crippen LogP contribution in [0.4, 0.5) is 0 Å². The van der Waals surface area contributed by atoms with Crippen molar-refractivity contribution in [3.8, 4) is 17.3 Å². The first-order chi connectivity index (χ1) is 12.7. The molecule has 0 unspecified atom stereocenters. The molecule has 3 heterocycles. The van der Waals surface area contributed by atoms with Crippen LogP contribution in [0.15, 0.2) is 41.3 Å². The number of rotatable bonds is 4. The number of hydrogen-bond acceptors (Lipinski definition) is 7. The van der Waals surface area contributed by atoms with Crippen molar-refractivity contribution in [3.63, 3.8) is 0 Å². The molecule has 0 atom stereocenters. The quantitative estimate of drug-likeness (QED) is 0.695. The molecule has 2 aromatic heterocycles. The van der Waals surface area contributed by atoms with Gasteiger partial charge in [-0.2, -0.15) is 4.98 Å². The van der Waals surface area contributed by atoms with Crippen molar-refractivity contribution in [3.05, 3.63) is 53.3 Å². The zero-order valence-corrected chi connectivity index (χ0v) is 14.6. The Bertz CT molecular complexity index is 941. The van der Waals surface area contributed by atoms with Gasteiger partial charge in [-0.15, -0.1) is 0 Å². The van der Waals surface area contributed by atoms with Crippen LogP contribution in [0.3, 0.4) is 0 Å². The van der Waals surface area contributed by atoms with Crippen LogP contribution in [0.2, 0.25) is 5.02 Å². The van der Waals surface area contributed by atoms with E-state index in [-0.39, 0.29) is 11.8 Å². The van der Waals surface area contributed by atoms with Gasteiger partial charge in [0.05, 0.1) is 24.8 Å². The molecule has 9 heteroatoms. The first-order valence-corrected chi connectivity index (χ1v) is 8.26. The van der Waals surface area contributed by atoms with Crippen molar-refractivity contribution in [1.82, 2.24) is 25.0 Å². The van der Waals surface area contributed by atoms with Crippen LogP contribution in [-0.2, 0) is 0 Å². The third kappa shape index (κ3) is 2.99. The van der Waals surface area contributed by atoms with Crippen molar-refractivity contribution in [2.45, 2.75) is 5.92 Å². The number of halogens is 1. The molecule has 1 aliphatic rings. The third-order valence-corrected chi connectivity index (χ3v) is 4.38. The average molecular weight is 372 g/mol. The zero-order valence-electron chi connectivity index (χ0n) is 13.8. The molecule has 1 fully saturated rings. The fourth-order valence-electron chi connectivity index (χ4n) is 2.74. The molecule has 0 spiro atoms. The third-order valence-electron chi connectivity index (χ3n) is 4.14. The van der Waals surface area contributed by atoms with Crippen molar-refractivity contribution in [1.29, 1.82) is 0 Å². The lowest BCUT2D eigenvalue weighted by Gasteiger charge is -2.37. The minimum absolute atomic E-state index is 0.0120. The summed E-state index contributed by atoms with van der Waals surface area (Å²) < 4.78 is 10.6. The van der Waals surface area contributed by atoms with Crippen molar-refractivity contribution < 1.29 is 14.1 Å². The molecule has 0 bridgehead atoms. The zero-order chi connectivity index (χ0) is 18.1. The number of benzene rings is 1. The van der Waals surface area contributed by atoms with E-state index in [4.69, 9.17) is 20.9 Å². The summed E-state index contributed by atoms with van der Waals surface area (Å²) in [5.74, 6) is 1.20. The predicted molar refractivity (Wildman–Crippen MR) is 92.0 cm³/mol. The van der Waals surface area contributed by atoms with Crippen LogP contribution in [0.25, 0.3) is 11.5 Å². The van der Waals surface area contributed by atoms with E-state index in [2.05, 4.69) is 20.1 Å². The van der Waals surface area contributed by atoms with Crippen LogP contribution in [0, 0.1) is 0 Å². The number of aromatic nitrogens is 4. The fraction of sp³-hybridized carbons (Fsp3) is 0.235. The molecule has 1 saturated heterocycles. The number of hydrogen-bond donors (Lipinski definition) is 0. The number of nitrogens with zero attached hydrogens (tertiary/aromatic N) is 5. The van der Waals surface area contributed by atoms with Crippen LogP contribution in [-0.4, -0.2) is 51.1 Å². The van der Waals surface area contributed by atoms with E-state index in [0.717, 1.165) is 0 Å². The Morgan fingerprint density at radius 1 is 1.35 bits per heavy atom. The Balaban J connectivity index is 1.45. The van der Waals surface area contributed by atoms with Crippen LogP contribution in [0.1, 0.15) is 22.2 Å². The first kappa shape index (κ1) is 16.5. The van der Waals surface area contributed by atoms with Crippen molar-refractivity contribution in [2.24, 2.45) is 0 Å². The topological polar surface area (TPSA) is 94.2 Å². The van der Waals surface area contributed by atoms with Crippen molar-refractivity contribution in [2.75, 3.05) is 20.2 Å². The minimum atomic E-state index is -0.144. The normalized spacial score (nSPS) is 14.2. The molecule has 4 rings (SSSR count). The first-order valence-electron chi connectivity index (χ1n) is 7.88. The van der Waals surface area contributed by atoms with E-state index < -0.39 is 0 Å².